The molecule has 84 valence electrons. The normalized spacial score (nSPS) is 19.9. The number of hydrogen-bond donors (Lipinski definition) is 1. The lowest BCUT2D eigenvalue weighted by Gasteiger charge is -2.21. The van der Waals surface area contributed by atoms with Crippen molar-refractivity contribution in [2.75, 3.05) is 27.2 Å². The second-order valence-electron chi connectivity index (χ2n) is 3.82. The maximum Gasteiger partial charge on any atom is 0.319 e. The molecule has 1 aliphatic heterocycles. The lowest BCUT2D eigenvalue weighted by molar-refractivity contribution is -0.117. The summed E-state index contributed by atoms with van der Waals surface area (Å²) in [5.74, 6) is -0.181. The summed E-state index contributed by atoms with van der Waals surface area (Å²) in [6.07, 6.45) is 2.05. The zero-order valence-electron chi connectivity index (χ0n) is 9.19. The Bertz CT molecular complexity index is 276. The van der Waals surface area contributed by atoms with Gasteiger partial charge in [-0.3, -0.25) is 4.79 Å². The van der Waals surface area contributed by atoms with Crippen molar-refractivity contribution in [3.63, 3.8) is 0 Å². The second kappa shape index (κ2) is 4.82. The van der Waals surface area contributed by atoms with E-state index in [2.05, 4.69) is 11.9 Å². The summed E-state index contributed by atoms with van der Waals surface area (Å²) >= 11 is 0. The van der Waals surface area contributed by atoms with Crippen LogP contribution in [0.25, 0.3) is 0 Å². The number of hydrogen-bond acceptors (Lipinski definition) is 2. The first-order chi connectivity index (χ1) is 7.04. The summed E-state index contributed by atoms with van der Waals surface area (Å²) < 4.78 is 0. The molecule has 1 aliphatic rings. The van der Waals surface area contributed by atoms with Gasteiger partial charge >= 0.3 is 6.03 Å². The molecule has 15 heavy (non-hydrogen) atoms. The van der Waals surface area contributed by atoms with E-state index in [1.165, 1.54) is 11.0 Å². The van der Waals surface area contributed by atoms with Gasteiger partial charge in [0.25, 0.3) is 0 Å². The number of urea groups is 1. The van der Waals surface area contributed by atoms with E-state index in [1.807, 2.05) is 0 Å². The standard InChI is InChI=1S/C10H17N3O2/c1-4-9(14)11-8-5-6-13(7-8)10(15)12(2)3/h4,8H,1,5-7H2,2-3H3,(H,11,14)/t8-/m1/s1. The Morgan fingerprint density at radius 3 is 2.73 bits per heavy atom. The Balaban J connectivity index is 2.42. The maximum absolute atomic E-state index is 11.6. The number of amides is 3. The van der Waals surface area contributed by atoms with E-state index in [0.717, 1.165) is 6.42 Å². The smallest absolute Gasteiger partial charge is 0.319 e. The molecule has 0 radical (unpaired) electrons. The third-order valence-corrected chi connectivity index (χ3v) is 2.37. The van der Waals surface area contributed by atoms with Crippen LogP contribution >= 0.6 is 0 Å². The van der Waals surface area contributed by atoms with Crippen LogP contribution in [0.5, 0.6) is 0 Å². The minimum atomic E-state index is -0.181. The van der Waals surface area contributed by atoms with Gasteiger partial charge in [0.15, 0.2) is 0 Å². The van der Waals surface area contributed by atoms with Crippen LogP contribution < -0.4 is 5.32 Å². The molecule has 0 aliphatic carbocycles. The van der Waals surface area contributed by atoms with Gasteiger partial charge in [-0.1, -0.05) is 6.58 Å². The van der Waals surface area contributed by atoms with Crippen molar-refractivity contribution < 1.29 is 9.59 Å². The van der Waals surface area contributed by atoms with Crippen molar-refractivity contribution in [2.24, 2.45) is 0 Å². The predicted octanol–water partition coefficient (Wildman–Crippen LogP) is 0.0445. The average Bonchev–Trinajstić information content (AvgIpc) is 2.64. The minimum absolute atomic E-state index is 0.00893. The Morgan fingerprint density at radius 1 is 1.53 bits per heavy atom. The molecule has 1 N–H and O–H groups in total. The topological polar surface area (TPSA) is 52.7 Å². The number of carbonyl (C=O) groups excluding carboxylic acids is 2. The van der Waals surface area contributed by atoms with Gasteiger partial charge in [-0.05, 0) is 12.5 Å². The molecule has 0 aromatic carbocycles. The highest BCUT2D eigenvalue weighted by molar-refractivity contribution is 5.87. The number of rotatable bonds is 2. The molecule has 0 aromatic rings. The van der Waals surface area contributed by atoms with Crippen LogP contribution in [0.1, 0.15) is 6.42 Å². The molecule has 1 heterocycles. The highest BCUT2D eigenvalue weighted by Crippen LogP contribution is 2.10. The molecular weight excluding hydrogens is 194 g/mol. The fourth-order valence-corrected chi connectivity index (χ4v) is 1.59. The monoisotopic (exact) mass is 211 g/mol. The lowest BCUT2D eigenvalue weighted by atomic mass is 10.2. The summed E-state index contributed by atoms with van der Waals surface area (Å²) in [5.41, 5.74) is 0. The van der Waals surface area contributed by atoms with Gasteiger partial charge in [0.05, 0.1) is 0 Å². The minimum Gasteiger partial charge on any atom is -0.348 e. The Hall–Kier alpha value is -1.52. The van der Waals surface area contributed by atoms with Crippen LogP contribution in [-0.2, 0) is 4.79 Å². The molecule has 0 aromatic heterocycles. The van der Waals surface area contributed by atoms with Gasteiger partial charge in [-0.2, -0.15) is 0 Å². The first kappa shape index (κ1) is 11.6. The van der Waals surface area contributed by atoms with Crippen LogP contribution in [0.2, 0.25) is 0 Å². The molecule has 1 atom stereocenters. The van der Waals surface area contributed by atoms with E-state index in [-0.39, 0.29) is 18.0 Å². The van der Waals surface area contributed by atoms with E-state index in [0.29, 0.717) is 13.1 Å². The first-order valence-corrected chi connectivity index (χ1v) is 4.93. The average molecular weight is 211 g/mol. The number of likely N-dealkylation sites (tertiary alicyclic amines) is 1. The van der Waals surface area contributed by atoms with Crippen LogP contribution in [0, 0.1) is 0 Å². The Labute approximate surface area is 89.7 Å². The molecule has 0 saturated carbocycles. The van der Waals surface area contributed by atoms with E-state index in [1.54, 1.807) is 19.0 Å². The quantitative estimate of drug-likeness (QED) is 0.656. The van der Waals surface area contributed by atoms with Crippen molar-refractivity contribution >= 4 is 11.9 Å². The van der Waals surface area contributed by atoms with Crippen molar-refractivity contribution in [1.82, 2.24) is 15.1 Å². The van der Waals surface area contributed by atoms with E-state index >= 15 is 0 Å². The number of nitrogens with one attached hydrogen (secondary N) is 1. The summed E-state index contributed by atoms with van der Waals surface area (Å²) in [5, 5.41) is 2.78. The van der Waals surface area contributed by atoms with Gasteiger partial charge in [0, 0.05) is 33.2 Å². The summed E-state index contributed by atoms with van der Waals surface area (Å²) in [6, 6.07) is 0.0461. The van der Waals surface area contributed by atoms with Crippen LogP contribution in [0.4, 0.5) is 4.79 Å². The fourth-order valence-electron chi connectivity index (χ4n) is 1.59. The molecule has 1 saturated heterocycles. The second-order valence-corrected chi connectivity index (χ2v) is 3.82. The van der Waals surface area contributed by atoms with Gasteiger partial charge in [0.2, 0.25) is 5.91 Å². The third-order valence-electron chi connectivity index (χ3n) is 2.37. The van der Waals surface area contributed by atoms with Crippen molar-refractivity contribution in [2.45, 2.75) is 12.5 Å². The zero-order chi connectivity index (χ0) is 11.4. The molecule has 3 amide bonds. The molecule has 1 fully saturated rings. The summed E-state index contributed by atoms with van der Waals surface area (Å²) in [4.78, 5) is 25.9. The zero-order valence-corrected chi connectivity index (χ0v) is 9.19. The molecule has 5 heteroatoms. The van der Waals surface area contributed by atoms with Crippen molar-refractivity contribution in [3.05, 3.63) is 12.7 Å². The molecule has 0 unspecified atom stereocenters. The highest BCUT2D eigenvalue weighted by atomic mass is 16.2. The molecule has 1 rings (SSSR count). The first-order valence-electron chi connectivity index (χ1n) is 4.93. The van der Waals surface area contributed by atoms with Gasteiger partial charge in [-0.25, -0.2) is 4.79 Å². The van der Waals surface area contributed by atoms with Crippen LogP contribution in [0.3, 0.4) is 0 Å². The summed E-state index contributed by atoms with van der Waals surface area (Å²) in [6.45, 7) is 4.66. The van der Waals surface area contributed by atoms with E-state index in [4.69, 9.17) is 0 Å². The van der Waals surface area contributed by atoms with Gasteiger partial charge < -0.3 is 15.1 Å². The Morgan fingerprint density at radius 2 is 2.20 bits per heavy atom. The third kappa shape index (κ3) is 2.97. The molecular formula is C10H17N3O2. The molecule has 0 bridgehead atoms. The van der Waals surface area contributed by atoms with E-state index < -0.39 is 0 Å². The lowest BCUT2D eigenvalue weighted by Crippen LogP contribution is -2.41. The highest BCUT2D eigenvalue weighted by Gasteiger charge is 2.27. The maximum atomic E-state index is 11.6. The van der Waals surface area contributed by atoms with Gasteiger partial charge in [-0.15, -0.1) is 0 Å². The Kier molecular flexibility index (Phi) is 3.71. The van der Waals surface area contributed by atoms with Crippen molar-refractivity contribution in [3.8, 4) is 0 Å². The molecule has 5 nitrogen and oxygen atoms in total. The predicted molar refractivity (Wildman–Crippen MR) is 57.4 cm³/mol. The molecule has 0 spiro atoms. The SMILES string of the molecule is C=CC(=O)N[C@@H]1CCN(C(=O)N(C)C)C1. The summed E-state index contributed by atoms with van der Waals surface area (Å²) in [7, 11) is 3.44. The number of carbonyl (C=O) groups is 2. The largest absolute Gasteiger partial charge is 0.348 e. The fraction of sp³-hybridized carbons (Fsp3) is 0.600. The van der Waals surface area contributed by atoms with E-state index in [9.17, 15) is 9.59 Å². The van der Waals surface area contributed by atoms with Gasteiger partial charge in [0.1, 0.15) is 0 Å². The van der Waals surface area contributed by atoms with Crippen molar-refractivity contribution in [1.29, 1.82) is 0 Å². The van der Waals surface area contributed by atoms with Crippen LogP contribution in [0.15, 0.2) is 12.7 Å². The number of nitrogens with zero attached hydrogens (tertiary/aromatic N) is 2. The van der Waals surface area contributed by atoms with Crippen LogP contribution in [-0.4, -0.2) is 55.0 Å².